The van der Waals surface area contributed by atoms with Gasteiger partial charge in [-0.05, 0) is 0 Å². The number of rotatable bonds is 1. The molecule has 3 aliphatic rings. The number of fused-ring (bicyclic) bond motifs is 5. The molecule has 0 N–H and O–H groups in total. The van der Waals surface area contributed by atoms with Gasteiger partial charge in [-0.1, -0.05) is 48.6 Å². The minimum absolute atomic E-state index is 0.0289. The van der Waals surface area contributed by atoms with Gasteiger partial charge in [-0.25, -0.2) is 23.5 Å². The second-order valence-corrected chi connectivity index (χ2v) is 5.49. The van der Waals surface area contributed by atoms with Gasteiger partial charge in [-0.3, -0.25) is 0 Å². The molecule has 2 atom stereocenters. The van der Waals surface area contributed by atoms with Gasteiger partial charge in [0.2, 0.25) is 0 Å². The zero-order valence-electron chi connectivity index (χ0n) is 11.1. The quantitative estimate of drug-likeness (QED) is 0.712. The fraction of sp³-hybridized carbons (Fsp3) is 0.333. The van der Waals surface area contributed by atoms with Gasteiger partial charge in [0.05, 0.1) is 12.1 Å². The van der Waals surface area contributed by atoms with Crippen molar-refractivity contribution in [2.75, 3.05) is 0 Å². The van der Waals surface area contributed by atoms with E-state index in [1.54, 1.807) is 9.36 Å². The molecule has 5 heteroatoms. The zero-order valence-corrected chi connectivity index (χ0v) is 11.1. The summed E-state index contributed by atoms with van der Waals surface area (Å²) in [7, 11) is 1.53. The Morgan fingerprint density at radius 2 is 1.30 bits per heavy atom. The van der Waals surface area contributed by atoms with Gasteiger partial charge < -0.3 is 0 Å². The van der Waals surface area contributed by atoms with Crippen LogP contribution in [-0.4, -0.2) is 13.9 Å². The Balaban J connectivity index is 1.84. The van der Waals surface area contributed by atoms with E-state index >= 15 is 0 Å². The molecule has 5 nitrogen and oxygen atoms in total. The molecule has 0 saturated carbocycles. The summed E-state index contributed by atoms with van der Waals surface area (Å²) < 4.78 is 4.40. The first-order valence-electron chi connectivity index (χ1n) is 6.80. The van der Waals surface area contributed by atoms with E-state index < -0.39 is 0 Å². The Labute approximate surface area is 115 Å². The highest BCUT2D eigenvalue weighted by molar-refractivity contribution is 5.26. The summed E-state index contributed by atoms with van der Waals surface area (Å²) in [6.45, 7) is 0. The second kappa shape index (κ2) is 3.85. The third-order valence-corrected chi connectivity index (χ3v) is 4.50. The van der Waals surface area contributed by atoms with Gasteiger partial charge in [0.1, 0.15) is 0 Å². The van der Waals surface area contributed by atoms with Gasteiger partial charge in [0.15, 0.2) is 0 Å². The van der Waals surface area contributed by atoms with Crippen molar-refractivity contribution in [3.05, 3.63) is 69.6 Å². The van der Waals surface area contributed by atoms with E-state index in [1.807, 2.05) is 24.3 Å². The van der Waals surface area contributed by atoms with E-state index in [4.69, 9.17) is 0 Å². The Hall–Kier alpha value is -2.30. The maximum atomic E-state index is 12.2. The zero-order chi connectivity index (χ0) is 13.9. The van der Waals surface area contributed by atoms with E-state index in [1.165, 1.54) is 11.6 Å². The Morgan fingerprint density at radius 1 is 0.800 bits per heavy atom. The maximum Gasteiger partial charge on any atom is 0.347 e. The van der Waals surface area contributed by atoms with Gasteiger partial charge in [0.25, 0.3) is 0 Å². The third-order valence-electron chi connectivity index (χ3n) is 4.50. The lowest BCUT2D eigenvalue weighted by Crippen LogP contribution is -2.30. The van der Waals surface area contributed by atoms with E-state index in [9.17, 15) is 9.59 Å². The molecule has 1 aromatic rings. The van der Waals surface area contributed by atoms with Crippen molar-refractivity contribution in [2.45, 2.75) is 12.1 Å². The summed E-state index contributed by atoms with van der Waals surface area (Å²) in [5, 5.41) is 0. The first-order valence-corrected chi connectivity index (χ1v) is 6.80. The molecule has 1 aliphatic heterocycles. The van der Waals surface area contributed by atoms with Crippen LogP contribution in [0, 0.1) is 11.8 Å². The lowest BCUT2D eigenvalue weighted by Gasteiger charge is -2.20. The number of nitrogens with zero attached hydrogens (tertiary/aromatic N) is 3. The molecule has 102 valence electrons. The normalized spacial score (nSPS) is 30.1. The average Bonchev–Trinajstić information content (AvgIpc) is 2.97. The summed E-state index contributed by atoms with van der Waals surface area (Å²) >= 11 is 0. The molecule has 2 bridgehead atoms. The Kier molecular flexibility index (Phi) is 2.22. The minimum atomic E-state index is -0.225. The van der Waals surface area contributed by atoms with Crippen LogP contribution in [0.4, 0.5) is 0 Å². The van der Waals surface area contributed by atoms with Crippen LogP contribution in [-0.2, 0) is 7.05 Å². The lowest BCUT2D eigenvalue weighted by molar-refractivity contribution is 0.376. The fourth-order valence-corrected chi connectivity index (χ4v) is 3.58. The molecule has 2 heterocycles. The molecule has 1 aromatic heterocycles. The van der Waals surface area contributed by atoms with Crippen molar-refractivity contribution in [3.63, 3.8) is 0 Å². The second-order valence-electron chi connectivity index (χ2n) is 5.49. The van der Waals surface area contributed by atoms with Crippen LogP contribution >= 0.6 is 0 Å². The lowest BCUT2D eigenvalue weighted by atomic mass is 9.85. The van der Waals surface area contributed by atoms with Crippen LogP contribution in [0.3, 0.4) is 0 Å². The molecule has 0 unspecified atom stereocenters. The molecular formula is C15H15N3O2. The van der Waals surface area contributed by atoms with E-state index in [0.717, 1.165) is 0 Å². The predicted octanol–water partition coefficient (Wildman–Crippen LogP) is 0.929. The van der Waals surface area contributed by atoms with E-state index in [2.05, 4.69) is 24.3 Å². The van der Waals surface area contributed by atoms with Crippen LogP contribution in [0.5, 0.6) is 0 Å². The SMILES string of the molecule is Cn1c(=O)n2n(c1=O)[C@@H]1C=C[C@@H]2C1C1C=CC=CC=C1. The summed E-state index contributed by atoms with van der Waals surface area (Å²) in [6, 6.07) is -0.0578. The molecule has 4 rings (SSSR count). The highest BCUT2D eigenvalue weighted by Gasteiger charge is 2.47. The van der Waals surface area contributed by atoms with Crippen molar-refractivity contribution in [1.29, 1.82) is 0 Å². The monoisotopic (exact) mass is 269 g/mol. The minimum Gasteiger partial charge on any atom is -0.246 e. The summed E-state index contributed by atoms with van der Waals surface area (Å²) in [5.41, 5.74) is -0.451. The van der Waals surface area contributed by atoms with Crippen molar-refractivity contribution < 1.29 is 0 Å². The third kappa shape index (κ3) is 1.27. The van der Waals surface area contributed by atoms with Crippen molar-refractivity contribution >= 4 is 0 Å². The fourth-order valence-electron chi connectivity index (χ4n) is 3.58. The topological polar surface area (TPSA) is 48.9 Å². The van der Waals surface area contributed by atoms with E-state index in [0.29, 0.717) is 0 Å². The number of hydrogen-bond donors (Lipinski definition) is 0. The summed E-state index contributed by atoms with van der Waals surface area (Å²) in [4.78, 5) is 24.4. The Bertz CT molecular complexity index is 739. The summed E-state index contributed by atoms with van der Waals surface area (Å²) in [5.74, 6) is 0.440. The first kappa shape index (κ1) is 11.5. The van der Waals surface area contributed by atoms with Gasteiger partial charge in [-0.15, -0.1) is 0 Å². The van der Waals surface area contributed by atoms with Crippen molar-refractivity contribution in [1.82, 2.24) is 13.9 Å². The van der Waals surface area contributed by atoms with Crippen molar-refractivity contribution in [3.8, 4) is 0 Å². The number of aromatic nitrogens is 3. The molecule has 0 radical (unpaired) electrons. The largest absolute Gasteiger partial charge is 0.347 e. The highest BCUT2D eigenvalue weighted by atomic mass is 16.2. The smallest absolute Gasteiger partial charge is 0.246 e. The van der Waals surface area contributed by atoms with Crippen LogP contribution in [0.1, 0.15) is 12.1 Å². The molecular weight excluding hydrogens is 254 g/mol. The number of allylic oxidation sites excluding steroid dienone is 8. The standard InChI is InChI=1S/C15H15N3O2/c1-16-14(19)17-11-8-9-12(18(17)15(16)20)13(11)10-6-4-2-3-5-7-10/h2-13H,1H3/t11-,12-/m1/s1. The molecule has 0 saturated heterocycles. The summed E-state index contributed by atoms with van der Waals surface area (Å²) in [6.07, 6.45) is 16.4. The number of hydrogen-bond acceptors (Lipinski definition) is 2. The van der Waals surface area contributed by atoms with Crippen LogP contribution in [0.2, 0.25) is 0 Å². The molecule has 0 amide bonds. The first-order chi connectivity index (χ1) is 9.70. The Morgan fingerprint density at radius 3 is 1.80 bits per heavy atom. The van der Waals surface area contributed by atoms with Crippen molar-refractivity contribution in [2.24, 2.45) is 18.9 Å². The van der Waals surface area contributed by atoms with Gasteiger partial charge >= 0.3 is 11.4 Å². The van der Waals surface area contributed by atoms with E-state index in [-0.39, 0.29) is 35.3 Å². The van der Waals surface area contributed by atoms with Crippen LogP contribution < -0.4 is 11.4 Å². The van der Waals surface area contributed by atoms with Crippen LogP contribution in [0.25, 0.3) is 0 Å². The molecule has 0 spiro atoms. The molecule has 20 heavy (non-hydrogen) atoms. The average molecular weight is 269 g/mol. The van der Waals surface area contributed by atoms with Gasteiger partial charge in [0, 0.05) is 18.9 Å². The molecule has 2 aliphatic carbocycles. The molecule has 0 fully saturated rings. The van der Waals surface area contributed by atoms with Gasteiger partial charge in [-0.2, -0.15) is 0 Å². The maximum absolute atomic E-state index is 12.2. The molecule has 0 aromatic carbocycles. The highest BCUT2D eigenvalue weighted by Crippen LogP contribution is 2.47. The predicted molar refractivity (Wildman–Crippen MR) is 75.5 cm³/mol. The van der Waals surface area contributed by atoms with Crippen LogP contribution in [0.15, 0.2) is 58.2 Å².